The molecule has 0 bridgehead atoms. The summed E-state index contributed by atoms with van der Waals surface area (Å²) in [6, 6.07) is 5.03. The first kappa shape index (κ1) is 20.9. The van der Waals surface area contributed by atoms with Crippen molar-refractivity contribution >= 4 is 53.1 Å². The van der Waals surface area contributed by atoms with Crippen LogP contribution in [0.25, 0.3) is 0 Å². The lowest BCUT2D eigenvalue weighted by molar-refractivity contribution is -0.121. The average Bonchev–Trinajstić information content (AvgIpc) is 2.83. The fraction of sp³-hybridized carbons (Fsp3) is 0.438. The molecule has 0 spiro atoms. The van der Waals surface area contributed by atoms with Crippen LogP contribution < -0.4 is 16.1 Å². The van der Waals surface area contributed by atoms with E-state index in [1.165, 1.54) is 0 Å². The molecule has 1 aromatic carbocycles. The summed E-state index contributed by atoms with van der Waals surface area (Å²) in [6.45, 7) is 1.76. The maximum atomic E-state index is 12.3. The van der Waals surface area contributed by atoms with Gasteiger partial charge in [-0.25, -0.2) is 5.43 Å². The summed E-state index contributed by atoms with van der Waals surface area (Å²) in [7, 11) is 0. The van der Waals surface area contributed by atoms with Gasteiger partial charge in [0, 0.05) is 13.1 Å². The Kier molecular flexibility index (Phi) is 7.67. The van der Waals surface area contributed by atoms with Crippen molar-refractivity contribution in [3.05, 3.63) is 33.8 Å². The summed E-state index contributed by atoms with van der Waals surface area (Å²) in [6.07, 6.45) is -0.120. The monoisotopic (exact) mass is 420 g/mol. The molecule has 0 aromatic heterocycles. The van der Waals surface area contributed by atoms with Gasteiger partial charge in [0.05, 0.1) is 41.2 Å². The largest absolute Gasteiger partial charge is 0.370 e. The Labute approximate surface area is 167 Å². The predicted molar refractivity (Wildman–Crippen MR) is 102 cm³/mol. The molecular weight excluding hydrogens is 403 g/mol. The maximum absolute atomic E-state index is 12.3. The number of nitrogens with zero attached hydrogens (tertiary/aromatic N) is 1. The minimum absolute atomic E-state index is 0. The molecule has 1 fully saturated rings. The number of rotatable bonds is 4. The summed E-state index contributed by atoms with van der Waals surface area (Å²) >= 11 is 12.1. The number of carbonyl (C=O) groups excluding carboxylic acids is 2. The van der Waals surface area contributed by atoms with Crippen LogP contribution in [0.4, 0.5) is 0 Å². The van der Waals surface area contributed by atoms with Gasteiger partial charge in [-0.2, -0.15) is 5.10 Å². The minimum atomic E-state index is -0.348. The van der Waals surface area contributed by atoms with Crippen molar-refractivity contribution < 1.29 is 14.3 Å². The zero-order valence-electron chi connectivity index (χ0n) is 13.8. The highest BCUT2D eigenvalue weighted by Crippen LogP contribution is 2.29. The van der Waals surface area contributed by atoms with Gasteiger partial charge in [0.15, 0.2) is 0 Å². The topological polar surface area (TPSA) is 91.8 Å². The SMILES string of the molecule is Cl.O=C1CC(CC(=O)N[C@@H]2CNCCO[C@H]2c2ccc(Cl)c(Cl)c2)=NN1. The van der Waals surface area contributed by atoms with Crippen LogP contribution >= 0.6 is 35.6 Å². The van der Waals surface area contributed by atoms with Gasteiger partial charge >= 0.3 is 0 Å². The molecule has 1 saturated heterocycles. The van der Waals surface area contributed by atoms with Gasteiger partial charge in [0.2, 0.25) is 11.8 Å². The van der Waals surface area contributed by atoms with E-state index >= 15 is 0 Å². The van der Waals surface area contributed by atoms with Crippen molar-refractivity contribution in [2.75, 3.05) is 19.7 Å². The standard InChI is InChI=1S/C16H18Cl2N4O3.ClH/c17-11-2-1-9(5-12(11)18)16-13(8-19-3-4-25-16)20-14(23)6-10-7-15(24)22-21-10;/h1-2,5,13,16,19H,3-4,6-8H2,(H,20,23)(H,22,24);1H/t13-,16+;/m1./s1. The van der Waals surface area contributed by atoms with E-state index in [2.05, 4.69) is 21.2 Å². The molecule has 142 valence electrons. The Hall–Kier alpha value is -1.38. The van der Waals surface area contributed by atoms with Gasteiger partial charge in [-0.15, -0.1) is 12.4 Å². The number of benzene rings is 1. The lowest BCUT2D eigenvalue weighted by atomic mass is 10.0. The van der Waals surface area contributed by atoms with Gasteiger partial charge in [-0.3, -0.25) is 9.59 Å². The van der Waals surface area contributed by atoms with Crippen LogP contribution in [0.15, 0.2) is 23.3 Å². The normalized spacial score (nSPS) is 22.7. The second-order valence-corrected chi connectivity index (χ2v) is 6.72. The third-order valence-electron chi connectivity index (χ3n) is 3.99. The van der Waals surface area contributed by atoms with Crippen molar-refractivity contribution in [1.82, 2.24) is 16.1 Å². The number of hydrazone groups is 1. The first-order chi connectivity index (χ1) is 12.0. The van der Waals surface area contributed by atoms with E-state index in [4.69, 9.17) is 27.9 Å². The van der Waals surface area contributed by atoms with Gasteiger partial charge in [0.25, 0.3) is 0 Å². The van der Waals surface area contributed by atoms with E-state index in [1.54, 1.807) is 12.1 Å². The third kappa shape index (κ3) is 5.31. The quantitative estimate of drug-likeness (QED) is 0.691. The zero-order chi connectivity index (χ0) is 17.8. The van der Waals surface area contributed by atoms with Crippen LogP contribution in [0.3, 0.4) is 0 Å². The molecule has 0 saturated carbocycles. The smallest absolute Gasteiger partial charge is 0.245 e. The molecule has 10 heteroatoms. The van der Waals surface area contributed by atoms with Crippen molar-refractivity contribution in [1.29, 1.82) is 0 Å². The molecule has 0 aliphatic carbocycles. The molecule has 26 heavy (non-hydrogen) atoms. The van der Waals surface area contributed by atoms with Gasteiger partial charge < -0.3 is 15.4 Å². The third-order valence-corrected chi connectivity index (χ3v) is 4.73. The van der Waals surface area contributed by atoms with Crippen LogP contribution in [0, 0.1) is 0 Å². The highest BCUT2D eigenvalue weighted by molar-refractivity contribution is 6.42. The molecule has 2 heterocycles. The van der Waals surface area contributed by atoms with Crippen LogP contribution in [-0.2, 0) is 14.3 Å². The Bertz CT molecular complexity index is 714. The summed E-state index contributed by atoms with van der Waals surface area (Å²) < 4.78 is 5.91. The number of amides is 2. The average molecular weight is 422 g/mol. The molecule has 7 nitrogen and oxygen atoms in total. The van der Waals surface area contributed by atoms with Crippen LogP contribution in [0.1, 0.15) is 24.5 Å². The number of hydrogen-bond donors (Lipinski definition) is 3. The lowest BCUT2D eigenvalue weighted by Gasteiger charge is -2.26. The van der Waals surface area contributed by atoms with E-state index in [0.717, 1.165) is 5.56 Å². The summed E-state index contributed by atoms with van der Waals surface area (Å²) in [5.41, 5.74) is 3.71. The fourth-order valence-corrected chi connectivity index (χ4v) is 3.14. The molecule has 2 amide bonds. The van der Waals surface area contributed by atoms with E-state index < -0.39 is 0 Å². The molecule has 2 atom stereocenters. The first-order valence-electron chi connectivity index (χ1n) is 7.94. The van der Waals surface area contributed by atoms with Crippen LogP contribution in [0.2, 0.25) is 10.0 Å². The van der Waals surface area contributed by atoms with E-state index in [1.807, 2.05) is 6.07 Å². The second-order valence-electron chi connectivity index (χ2n) is 5.91. The highest BCUT2D eigenvalue weighted by Gasteiger charge is 2.29. The predicted octanol–water partition coefficient (Wildman–Crippen LogP) is 1.83. The summed E-state index contributed by atoms with van der Waals surface area (Å²) in [5.74, 6) is -0.409. The van der Waals surface area contributed by atoms with Gasteiger partial charge in [-0.1, -0.05) is 29.3 Å². The van der Waals surface area contributed by atoms with E-state index in [9.17, 15) is 9.59 Å². The Morgan fingerprint density at radius 1 is 1.35 bits per heavy atom. The van der Waals surface area contributed by atoms with E-state index in [0.29, 0.717) is 35.5 Å². The number of carbonyl (C=O) groups is 2. The number of halogens is 3. The van der Waals surface area contributed by atoms with Crippen molar-refractivity contribution in [3.8, 4) is 0 Å². The highest BCUT2D eigenvalue weighted by atomic mass is 35.5. The molecule has 3 N–H and O–H groups in total. The van der Waals surface area contributed by atoms with Crippen molar-refractivity contribution in [3.63, 3.8) is 0 Å². The van der Waals surface area contributed by atoms with Crippen LogP contribution in [-0.4, -0.2) is 43.3 Å². The van der Waals surface area contributed by atoms with Gasteiger partial charge in [-0.05, 0) is 17.7 Å². The molecule has 1 aromatic rings. The number of hydrogen-bond acceptors (Lipinski definition) is 5. The molecule has 2 aliphatic rings. The Balaban J connectivity index is 0.00000243. The Morgan fingerprint density at radius 2 is 2.15 bits per heavy atom. The molecule has 3 rings (SSSR count). The van der Waals surface area contributed by atoms with Crippen LogP contribution in [0.5, 0.6) is 0 Å². The number of nitrogens with one attached hydrogen (secondary N) is 3. The second kappa shape index (κ2) is 9.53. The maximum Gasteiger partial charge on any atom is 0.245 e. The summed E-state index contributed by atoms with van der Waals surface area (Å²) in [5, 5.41) is 10.9. The number of ether oxygens (including phenoxy) is 1. The first-order valence-corrected chi connectivity index (χ1v) is 8.69. The lowest BCUT2D eigenvalue weighted by Crippen LogP contribution is -2.45. The van der Waals surface area contributed by atoms with Crippen molar-refractivity contribution in [2.24, 2.45) is 5.10 Å². The molecular formula is C16H19Cl3N4O3. The molecule has 0 unspecified atom stereocenters. The van der Waals surface area contributed by atoms with E-state index in [-0.39, 0.29) is 49.2 Å². The molecule has 0 radical (unpaired) electrons. The minimum Gasteiger partial charge on any atom is -0.370 e. The van der Waals surface area contributed by atoms with Crippen molar-refractivity contribution in [2.45, 2.75) is 25.0 Å². The summed E-state index contributed by atoms with van der Waals surface area (Å²) in [4.78, 5) is 23.5. The zero-order valence-corrected chi connectivity index (χ0v) is 16.1. The Morgan fingerprint density at radius 3 is 2.85 bits per heavy atom. The fourth-order valence-electron chi connectivity index (χ4n) is 2.83. The van der Waals surface area contributed by atoms with Gasteiger partial charge in [0.1, 0.15) is 6.10 Å². The molecule has 2 aliphatic heterocycles.